The average Bonchev–Trinajstić information content (AvgIpc) is 3.46. The summed E-state index contributed by atoms with van der Waals surface area (Å²) in [5.41, 5.74) is -1.10. The lowest BCUT2D eigenvalue weighted by atomic mass is 9.85. The first kappa shape index (κ1) is 38.6. The van der Waals surface area contributed by atoms with Crippen molar-refractivity contribution in [3.63, 3.8) is 0 Å². The smallest absolute Gasteiger partial charge is 0.315 e. The molecule has 0 radical (unpaired) electrons. The number of carboxylic acids is 1. The van der Waals surface area contributed by atoms with Gasteiger partial charge in [-0.05, 0) is 42.9 Å². The summed E-state index contributed by atoms with van der Waals surface area (Å²) in [5.74, 6) is -3.89. The molecule has 0 aromatic carbocycles. The van der Waals surface area contributed by atoms with Gasteiger partial charge in [-0.25, -0.2) is 4.79 Å². The molecule has 0 unspecified atom stereocenters. The van der Waals surface area contributed by atoms with Gasteiger partial charge in [0.25, 0.3) is 0 Å². The Balaban J connectivity index is 3.28. The van der Waals surface area contributed by atoms with Crippen molar-refractivity contribution >= 4 is 35.6 Å². The molecule has 0 saturated carbocycles. The van der Waals surface area contributed by atoms with Crippen molar-refractivity contribution in [2.24, 2.45) is 10.8 Å². The Morgan fingerprint density at radius 1 is 0.659 bits per heavy atom. The van der Waals surface area contributed by atoms with Crippen molar-refractivity contribution in [3.05, 3.63) is 0 Å². The Hall–Kier alpha value is -3.38. The summed E-state index contributed by atoms with van der Waals surface area (Å²) in [6, 6.07) is -4.86. The van der Waals surface area contributed by atoms with Crippen LogP contribution in [0.15, 0.2) is 0 Å². The summed E-state index contributed by atoms with van der Waals surface area (Å²) >= 11 is 0. The lowest BCUT2D eigenvalue weighted by Crippen LogP contribution is -2.61. The van der Waals surface area contributed by atoms with Gasteiger partial charge >= 0.3 is 12.0 Å². The van der Waals surface area contributed by atoms with E-state index in [1.807, 2.05) is 41.5 Å². The highest BCUT2D eigenvalue weighted by atomic mass is 16.4. The zero-order chi connectivity index (χ0) is 33.8. The molecule has 6 amide bonds. The highest BCUT2D eigenvalue weighted by Crippen LogP contribution is 2.22. The number of carbonyl (C=O) groups is 6. The molecule has 4 atom stereocenters. The minimum atomic E-state index is -1.44. The first-order valence-corrected chi connectivity index (χ1v) is 15.8. The number of amides is 6. The van der Waals surface area contributed by atoms with Gasteiger partial charge < -0.3 is 36.6 Å². The fraction of sp³-hybridized carbons (Fsp3) is 0.806. The number of aliphatic carboxylic acids is 1. The minimum absolute atomic E-state index is 0.0850. The number of carbonyl (C=O) groups excluding carboxylic acids is 5. The predicted molar refractivity (Wildman–Crippen MR) is 168 cm³/mol. The van der Waals surface area contributed by atoms with Gasteiger partial charge in [0.05, 0.1) is 12.8 Å². The molecule has 44 heavy (non-hydrogen) atoms. The van der Waals surface area contributed by atoms with E-state index in [2.05, 4.69) is 26.6 Å². The van der Waals surface area contributed by atoms with Crippen molar-refractivity contribution in [1.29, 1.82) is 0 Å². The van der Waals surface area contributed by atoms with Crippen LogP contribution in [-0.4, -0.2) is 88.9 Å². The third-order valence-corrected chi connectivity index (χ3v) is 7.98. The largest absolute Gasteiger partial charge is 0.481 e. The first-order chi connectivity index (χ1) is 20.3. The maximum absolute atomic E-state index is 13.6. The fourth-order valence-corrected chi connectivity index (χ4v) is 5.12. The molecule has 0 bridgehead atoms. The molecule has 1 aliphatic heterocycles. The summed E-state index contributed by atoms with van der Waals surface area (Å²) < 4.78 is 0. The van der Waals surface area contributed by atoms with E-state index in [0.717, 1.165) is 12.8 Å². The molecular formula is C31H56N6O7. The number of nitrogens with zero attached hydrogens (tertiary/aromatic N) is 1. The summed E-state index contributed by atoms with van der Waals surface area (Å²) in [6.45, 7) is 17.9. The number of carboxylic acid groups (broad SMARTS) is 1. The van der Waals surface area contributed by atoms with Crippen LogP contribution in [0.1, 0.15) is 107 Å². The first-order valence-electron chi connectivity index (χ1n) is 15.8. The van der Waals surface area contributed by atoms with Crippen LogP contribution in [0.25, 0.3) is 0 Å². The van der Waals surface area contributed by atoms with Crippen molar-refractivity contribution in [2.75, 3.05) is 13.1 Å². The highest BCUT2D eigenvalue weighted by Gasteiger charge is 2.38. The quantitative estimate of drug-likeness (QED) is 0.161. The van der Waals surface area contributed by atoms with Gasteiger partial charge in [-0.3, -0.25) is 24.0 Å². The number of hydrogen-bond donors (Lipinski definition) is 6. The Labute approximate surface area is 262 Å². The molecule has 1 rings (SSSR count). The number of rotatable bonds is 15. The molecule has 1 heterocycles. The molecule has 13 heteroatoms. The minimum Gasteiger partial charge on any atom is -0.481 e. The summed E-state index contributed by atoms with van der Waals surface area (Å²) in [7, 11) is 0. The summed E-state index contributed by atoms with van der Waals surface area (Å²) in [5, 5.41) is 23.0. The SMILES string of the molecule is CCC(CC)NC(=O)N[C@H](C(=O)N[C@@H](CC(=O)N1CCCC1)C(=O)N[C@@H](CC(=O)O)C(=O)N[C@H](CC)C(C)(C)C)C(C)(C)C. The van der Waals surface area contributed by atoms with Crippen molar-refractivity contribution in [1.82, 2.24) is 31.5 Å². The maximum atomic E-state index is 13.6. The molecule has 0 spiro atoms. The molecule has 252 valence electrons. The van der Waals surface area contributed by atoms with E-state index in [1.165, 1.54) is 0 Å². The van der Waals surface area contributed by atoms with Gasteiger partial charge in [0.2, 0.25) is 23.6 Å². The molecule has 13 nitrogen and oxygen atoms in total. The number of hydrogen-bond acceptors (Lipinski definition) is 6. The molecular weight excluding hydrogens is 568 g/mol. The second-order valence-electron chi connectivity index (χ2n) is 13.8. The van der Waals surface area contributed by atoms with Crippen molar-refractivity contribution < 1.29 is 33.9 Å². The molecule has 1 saturated heterocycles. The molecule has 0 aromatic heterocycles. The molecule has 1 aliphatic rings. The van der Waals surface area contributed by atoms with Gasteiger partial charge in [-0.15, -0.1) is 0 Å². The standard InChI is InChI=1S/C31H56N6O7/c1-10-19(11-2)32-29(44)36-25(31(7,8)9)28(43)34-20(17-23(38)37-15-13-14-16-37)26(41)33-21(18-24(39)40)27(42)35-22(12-3)30(4,5)6/h19-22,25H,10-18H2,1-9H3,(H,33,41)(H,34,43)(H,35,42)(H,39,40)(H2,32,36,44)/t20-,21-,22+,25+/m0/s1. The third kappa shape index (κ3) is 12.7. The molecule has 0 aliphatic carbocycles. The second kappa shape index (κ2) is 17.2. The maximum Gasteiger partial charge on any atom is 0.315 e. The lowest BCUT2D eigenvalue weighted by molar-refractivity contribution is -0.142. The van der Waals surface area contributed by atoms with Gasteiger partial charge in [-0.2, -0.15) is 0 Å². The van der Waals surface area contributed by atoms with Crippen LogP contribution in [0.5, 0.6) is 0 Å². The fourth-order valence-electron chi connectivity index (χ4n) is 5.12. The van der Waals surface area contributed by atoms with Crippen LogP contribution in [0.2, 0.25) is 0 Å². The van der Waals surface area contributed by atoms with Crippen LogP contribution >= 0.6 is 0 Å². The second-order valence-corrected chi connectivity index (χ2v) is 13.8. The predicted octanol–water partition coefficient (Wildman–Crippen LogP) is 2.29. The molecule has 6 N–H and O–H groups in total. The number of likely N-dealkylation sites (tertiary alicyclic amines) is 1. The van der Waals surface area contributed by atoms with Crippen molar-refractivity contribution in [2.45, 2.75) is 137 Å². The third-order valence-electron chi connectivity index (χ3n) is 7.98. The average molecular weight is 625 g/mol. The van der Waals surface area contributed by atoms with Crippen LogP contribution in [0.4, 0.5) is 4.79 Å². The zero-order valence-electron chi connectivity index (χ0n) is 28.1. The van der Waals surface area contributed by atoms with E-state index in [1.54, 1.807) is 25.7 Å². The van der Waals surface area contributed by atoms with Crippen LogP contribution in [-0.2, 0) is 24.0 Å². The van der Waals surface area contributed by atoms with Gasteiger partial charge in [0, 0.05) is 25.2 Å². The van der Waals surface area contributed by atoms with Gasteiger partial charge in [-0.1, -0.05) is 62.3 Å². The van der Waals surface area contributed by atoms with E-state index >= 15 is 0 Å². The number of urea groups is 1. The number of nitrogens with one attached hydrogen (secondary N) is 5. The molecule has 0 aromatic rings. The normalized spacial score (nSPS) is 16.4. The van der Waals surface area contributed by atoms with Crippen LogP contribution in [0.3, 0.4) is 0 Å². The topological polar surface area (TPSA) is 186 Å². The Kier molecular flexibility index (Phi) is 15.1. The lowest BCUT2D eigenvalue weighted by Gasteiger charge is -2.33. The monoisotopic (exact) mass is 624 g/mol. The van der Waals surface area contributed by atoms with E-state index in [9.17, 15) is 33.9 Å². The van der Waals surface area contributed by atoms with E-state index in [-0.39, 0.29) is 23.4 Å². The highest BCUT2D eigenvalue weighted by molar-refractivity contribution is 5.97. The van der Waals surface area contributed by atoms with Gasteiger partial charge in [0.1, 0.15) is 18.1 Å². The van der Waals surface area contributed by atoms with E-state index in [0.29, 0.717) is 32.4 Å². The van der Waals surface area contributed by atoms with Crippen molar-refractivity contribution in [3.8, 4) is 0 Å². The Morgan fingerprint density at radius 2 is 1.16 bits per heavy atom. The van der Waals surface area contributed by atoms with Crippen LogP contribution in [0, 0.1) is 10.8 Å². The van der Waals surface area contributed by atoms with E-state index in [4.69, 9.17) is 0 Å². The summed E-state index contributed by atoms with van der Waals surface area (Å²) in [6.07, 6.45) is 2.55. The van der Waals surface area contributed by atoms with Gasteiger partial charge in [0.15, 0.2) is 0 Å². The zero-order valence-corrected chi connectivity index (χ0v) is 28.1. The van der Waals surface area contributed by atoms with Crippen LogP contribution < -0.4 is 26.6 Å². The van der Waals surface area contributed by atoms with E-state index < -0.39 is 66.1 Å². The summed E-state index contributed by atoms with van der Waals surface area (Å²) in [4.78, 5) is 79.6. The Bertz CT molecular complexity index is 1010. The Morgan fingerprint density at radius 3 is 1.61 bits per heavy atom. The molecule has 1 fully saturated rings.